The molecule has 2 aromatic rings. The quantitative estimate of drug-likeness (QED) is 0.864. The van der Waals surface area contributed by atoms with Gasteiger partial charge in [-0.2, -0.15) is 4.31 Å². The number of thiazole rings is 1. The number of hydrogen-bond acceptors (Lipinski definition) is 5. The third-order valence-corrected chi connectivity index (χ3v) is 5.75. The van der Waals surface area contributed by atoms with Gasteiger partial charge in [-0.1, -0.05) is 45.0 Å². The lowest BCUT2D eigenvalue weighted by Gasteiger charge is -2.18. The maximum Gasteiger partial charge on any atom is 0.241 e. The van der Waals surface area contributed by atoms with E-state index in [0.29, 0.717) is 5.13 Å². The summed E-state index contributed by atoms with van der Waals surface area (Å²) in [6.07, 6.45) is 1.06. The molecule has 0 aliphatic carbocycles. The van der Waals surface area contributed by atoms with Crippen molar-refractivity contribution in [3.63, 3.8) is 0 Å². The maximum absolute atomic E-state index is 11.9. The molecule has 136 valence electrons. The third kappa shape index (κ3) is 5.35. The molecule has 0 aliphatic heterocycles. The summed E-state index contributed by atoms with van der Waals surface area (Å²) in [6.45, 7) is 6.23. The number of carbonyl (C=O) groups excluding carboxylic acids is 1. The third-order valence-electron chi connectivity index (χ3n) is 3.73. The van der Waals surface area contributed by atoms with E-state index in [1.54, 1.807) is 0 Å². The molecule has 0 radical (unpaired) electrons. The number of sulfonamides is 1. The SMILES string of the molecule is CN(CC(=O)Nc1nc(-c2ccc(C(C)(C)C)cc2)cs1)S(C)(=O)=O. The van der Waals surface area contributed by atoms with Gasteiger partial charge in [-0.25, -0.2) is 13.4 Å². The Hall–Kier alpha value is -1.77. The molecule has 8 heteroatoms. The largest absolute Gasteiger partial charge is 0.301 e. The Balaban J connectivity index is 2.06. The normalized spacial score (nSPS) is 12.4. The number of likely N-dealkylation sites (N-methyl/N-ethyl adjacent to an activating group) is 1. The molecular weight excluding hydrogens is 358 g/mol. The van der Waals surface area contributed by atoms with Crippen molar-refractivity contribution < 1.29 is 13.2 Å². The second-order valence-electron chi connectivity index (χ2n) is 6.93. The van der Waals surface area contributed by atoms with Crippen molar-refractivity contribution >= 4 is 32.4 Å². The smallest absolute Gasteiger partial charge is 0.241 e. The van der Waals surface area contributed by atoms with Crippen LogP contribution in [0.3, 0.4) is 0 Å². The standard InChI is InChI=1S/C17H23N3O3S2/c1-17(2,3)13-8-6-12(7-9-13)14-11-24-16(18-14)19-15(21)10-20(4)25(5,22)23/h6-9,11H,10H2,1-5H3,(H,18,19,21). The van der Waals surface area contributed by atoms with Gasteiger partial charge in [0.05, 0.1) is 18.5 Å². The summed E-state index contributed by atoms with van der Waals surface area (Å²) in [5.41, 5.74) is 3.07. The molecule has 1 heterocycles. The second-order valence-corrected chi connectivity index (χ2v) is 9.88. The van der Waals surface area contributed by atoms with Gasteiger partial charge >= 0.3 is 0 Å². The zero-order valence-corrected chi connectivity index (χ0v) is 16.7. The fraction of sp³-hybridized carbons (Fsp3) is 0.412. The van der Waals surface area contributed by atoms with Crippen LogP contribution in [0.1, 0.15) is 26.3 Å². The van der Waals surface area contributed by atoms with Crippen molar-refractivity contribution in [1.29, 1.82) is 0 Å². The van der Waals surface area contributed by atoms with Crippen LogP contribution in [0.4, 0.5) is 5.13 Å². The average molecular weight is 382 g/mol. The molecule has 0 fully saturated rings. The minimum atomic E-state index is -3.39. The Morgan fingerprint density at radius 1 is 1.24 bits per heavy atom. The van der Waals surface area contributed by atoms with Gasteiger partial charge in [-0.05, 0) is 11.0 Å². The first-order valence-electron chi connectivity index (χ1n) is 7.74. The van der Waals surface area contributed by atoms with E-state index in [2.05, 4.69) is 43.2 Å². The van der Waals surface area contributed by atoms with Gasteiger partial charge in [0.1, 0.15) is 0 Å². The molecule has 1 N–H and O–H groups in total. The van der Waals surface area contributed by atoms with Crippen LogP contribution in [0.25, 0.3) is 11.3 Å². The van der Waals surface area contributed by atoms with Crippen molar-refractivity contribution in [2.24, 2.45) is 0 Å². The fourth-order valence-electron chi connectivity index (χ4n) is 2.08. The van der Waals surface area contributed by atoms with Gasteiger partial charge in [0, 0.05) is 18.0 Å². The number of benzene rings is 1. The van der Waals surface area contributed by atoms with Crippen LogP contribution < -0.4 is 5.32 Å². The van der Waals surface area contributed by atoms with E-state index in [4.69, 9.17) is 0 Å². The van der Waals surface area contributed by atoms with Crippen molar-refractivity contribution in [3.8, 4) is 11.3 Å². The summed E-state index contributed by atoms with van der Waals surface area (Å²) in [6, 6.07) is 8.18. The Kier molecular flexibility index (Phi) is 5.65. The molecule has 1 amide bonds. The number of nitrogens with zero attached hydrogens (tertiary/aromatic N) is 2. The number of aromatic nitrogens is 1. The van der Waals surface area contributed by atoms with E-state index in [-0.39, 0.29) is 12.0 Å². The molecule has 25 heavy (non-hydrogen) atoms. The summed E-state index contributed by atoms with van der Waals surface area (Å²) >= 11 is 1.31. The van der Waals surface area contributed by atoms with E-state index in [1.165, 1.54) is 23.9 Å². The topological polar surface area (TPSA) is 79.4 Å². The van der Waals surface area contributed by atoms with Crippen molar-refractivity contribution in [2.75, 3.05) is 25.2 Å². The molecule has 0 atom stereocenters. The number of rotatable bonds is 5. The Morgan fingerprint density at radius 2 is 1.84 bits per heavy atom. The Morgan fingerprint density at radius 3 is 2.36 bits per heavy atom. The summed E-state index contributed by atoms with van der Waals surface area (Å²) in [5.74, 6) is -0.420. The van der Waals surface area contributed by atoms with Gasteiger partial charge in [0.15, 0.2) is 5.13 Å². The molecular formula is C17H23N3O3S2. The van der Waals surface area contributed by atoms with Crippen LogP contribution in [-0.2, 0) is 20.2 Å². The minimum Gasteiger partial charge on any atom is -0.301 e. The number of hydrogen-bond donors (Lipinski definition) is 1. The van der Waals surface area contributed by atoms with Gasteiger partial charge in [0.2, 0.25) is 15.9 Å². The van der Waals surface area contributed by atoms with E-state index >= 15 is 0 Å². The number of nitrogens with one attached hydrogen (secondary N) is 1. The first-order chi connectivity index (χ1) is 11.5. The van der Waals surface area contributed by atoms with Crippen LogP contribution in [0.15, 0.2) is 29.6 Å². The first-order valence-corrected chi connectivity index (χ1v) is 10.5. The van der Waals surface area contributed by atoms with Crippen LogP contribution in [-0.4, -0.2) is 43.5 Å². The summed E-state index contributed by atoms with van der Waals surface area (Å²) in [4.78, 5) is 16.3. The number of amides is 1. The second kappa shape index (κ2) is 7.23. The van der Waals surface area contributed by atoms with E-state index in [0.717, 1.165) is 21.8 Å². The van der Waals surface area contributed by atoms with Crippen molar-refractivity contribution in [2.45, 2.75) is 26.2 Å². The van der Waals surface area contributed by atoms with Gasteiger partial charge in [0.25, 0.3) is 0 Å². The molecule has 2 rings (SSSR count). The van der Waals surface area contributed by atoms with Crippen molar-refractivity contribution in [1.82, 2.24) is 9.29 Å². The zero-order valence-electron chi connectivity index (χ0n) is 15.0. The van der Waals surface area contributed by atoms with Crippen LogP contribution in [0.5, 0.6) is 0 Å². The molecule has 0 spiro atoms. The Bertz CT molecular complexity index is 850. The lowest BCUT2D eigenvalue weighted by molar-refractivity contribution is -0.116. The molecule has 1 aromatic carbocycles. The number of anilines is 1. The van der Waals surface area contributed by atoms with Gasteiger partial charge in [-0.3, -0.25) is 4.79 Å². The summed E-state index contributed by atoms with van der Waals surface area (Å²) < 4.78 is 23.7. The predicted molar refractivity (Wildman–Crippen MR) is 102 cm³/mol. The highest BCUT2D eigenvalue weighted by Gasteiger charge is 2.17. The van der Waals surface area contributed by atoms with Crippen molar-refractivity contribution in [3.05, 3.63) is 35.2 Å². The van der Waals surface area contributed by atoms with Crippen LogP contribution in [0, 0.1) is 0 Å². The molecule has 0 saturated heterocycles. The highest BCUT2D eigenvalue weighted by molar-refractivity contribution is 7.88. The van der Waals surface area contributed by atoms with Gasteiger partial charge in [-0.15, -0.1) is 11.3 Å². The lowest BCUT2D eigenvalue weighted by atomic mass is 9.86. The molecule has 0 aliphatic rings. The monoisotopic (exact) mass is 381 g/mol. The van der Waals surface area contributed by atoms with Crippen LogP contribution >= 0.6 is 11.3 Å². The minimum absolute atomic E-state index is 0.0887. The maximum atomic E-state index is 11.9. The summed E-state index contributed by atoms with van der Waals surface area (Å²) in [5, 5.41) is 4.94. The predicted octanol–water partition coefficient (Wildman–Crippen LogP) is 2.94. The van der Waals surface area contributed by atoms with Crippen LogP contribution in [0.2, 0.25) is 0 Å². The molecule has 0 unspecified atom stereocenters. The zero-order chi connectivity index (χ0) is 18.8. The highest BCUT2D eigenvalue weighted by Crippen LogP contribution is 2.28. The van der Waals surface area contributed by atoms with E-state index in [1.807, 2.05) is 17.5 Å². The summed E-state index contributed by atoms with van der Waals surface area (Å²) in [7, 11) is -2.03. The lowest BCUT2D eigenvalue weighted by Crippen LogP contribution is -2.34. The van der Waals surface area contributed by atoms with E-state index in [9.17, 15) is 13.2 Å². The Labute approximate surface area is 153 Å². The molecule has 0 saturated carbocycles. The molecule has 6 nitrogen and oxygen atoms in total. The first kappa shape index (κ1) is 19.6. The van der Waals surface area contributed by atoms with Gasteiger partial charge < -0.3 is 5.32 Å². The molecule has 0 bridgehead atoms. The van der Waals surface area contributed by atoms with E-state index < -0.39 is 15.9 Å². The number of carbonyl (C=O) groups is 1. The fourth-order valence-corrected chi connectivity index (χ4v) is 3.17. The molecule has 1 aromatic heterocycles. The highest BCUT2D eigenvalue weighted by atomic mass is 32.2. The average Bonchev–Trinajstić information content (AvgIpc) is 2.93.